The highest BCUT2D eigenvalue weighted by Gasteiger charge is 2.38. The van der Waals surface area contributed by atoms with E-state index < -0.39 is 0 Å². The van der Waals surface area contributed by atoms with E-state index in [1.54, 1.807) is 0 Å². The third-order valence-corrected chi connectivity index (χ3v) is 3.98. The first-order valence-electron chi connectivity index (χ1n) is 6.30. The Labute approximate surface area is 102 Å². The van der Waals surface area contributed by atoms with Crippen LogP contribution in [0, 0.1) is 18.8 Å². The van der Waals surface area contributed by atoms with Crippen LogP contribution in [0.1, 0.15) is 15.9 Å². The molecule has 0 bridgehead atoms. The zero-order chi connectivity index (χ0) is 11.8. The highest BCUT2D eigenvalue weighted by molar-refractivity contribution is 5.94. The van der Waals surface area contributed by atoms with Gasteiger partial charge in [-0.1, -0.05) is 17.7 Å². The number of benzene rings is 1. The lowest BCUT2D eigenvalue weighted by molar-refractivity contribution is 0.0781. The van der Waals surface area contributed by atoms with Gasteiger partial charge in [-0.15, -0.1) is 0 Å². The third-order valence-electron chi connectivity index (χ3n) is 3.98. The molecule has 2 aliphatic rings. The highest BCUT2D eigenvalue weighted by Crippen LogP contribution is 2.27. The molecule has 2 atom stereocenters. The van der Waals surface area contributed by atoms with Gasteiger partial charge in [0.25, 0.3) is 5.91 Å². The lowest BCUT2D eigenvalue weighted by Crippen LogP contribution is -2.31. The Morgan fingerprint density at radius 3 is 2.35 bits per heavy atom. The van der Waals surface area contributed by atoms with Crippen LogP contribution in [0.25, 0.3) is 0 Å². The van der Waals surface area contributed by atoms with Crippen LogP contribution in [-0.2, 0) is 0 Å². The lowest BCUT2D eigenvalue weighted by Gasteiger charge is -2.17. The number of carbonyl (C=O) groups is 1. The van der Waals surface area contributed by atoms with Gasteiger partial charge in [-0.25, -0.2) is 0 Å². The molecule has 0 radical (unpaired) electrons. The largest absolute Gasteiger partial charge is 0.338 e. The molecule has 90 valence electrons. The Balaban J connectivity index is 1.73. The monoisotopic (exact) mass is 230 g/mol. The molecule has 2 unspecified atom stereocenters. The summed E-state index contributed by atoms with van der Waals surface area (Å²) in [6.45, 7) is 6.03. The van der Waals surface area contributed by atoms with E-state index in [0.717, 1.165) is 31.7 Å². The molecule has 1 amide bonds. The second kappa shape index (κ2) is 4.15. The van der Waals surface area contributed by atoms with Crippen LogP contribution in [0.4, 0.5) is 0 Å². The summed E-state index contributed by atoms with van der Waals surface area (Å²) in [4.78, 5) is 14.3. The predicted molar refractivity (Wildman–Crippen MR) is 66.9 cm³/mol. The van der Waals surface area contributed by atoms with Gasteiger partial charge in [-0.05, 0) is 30.9 Å². The van der Waals surface area contributed by atoms with Crippen molar-refractivity contribution in [2.75, 3.05) is 26.2 Å². The number of likely N-dealkylation sites (tertiary alicyclic amines) is 1. The van der Waals surface area contributed by atoms with Gasteiger partial charge in [-0.2, -0.15) is 0 Å². The van der Waals surface area contributed by atoms with Crippen LogP contribution >= 0.6 is 0 Å². The van der Waals surface area contributed by atoms with Crippen molar-refractivity contribution in [1.29, 1.82) is 0 Å². The fourth-order valence-corrected chi connectivity index (χ4v) is 2.90. The van der Waals surface area contributed by atoms with E-state index in [-0.39, 0.29) is 5.91 Å². The summed E-state index contributed by atoms with van der Waals surface area (Å²) in [7, 11) is 0. The molecule has 1 aromatic rings. The number of hydrogen-bond donors (Lipinski definition) is 1. The van der Waals surface area contributed by atoms with Gasteiger partial charge >= 0.3 is 0 Å². The van der Waals surface area contributed by atoms with Crippen LogP contribution in [-0.4, -0.2) is 37.0 Å². The second-order valence-electron chi connectivity index (χ2n) is 5.25. The topological polar surface area (TPSA) is 32.3 Å². The van der Waals surface area contributed by atoms with Crippen LogP contribution in [0.2, 0.25) is 0 Å². The molecule has 0 aromatic heterocycles. The van der Waals surface area contributed by atoms with E-state index in [9.17, 15) is 4.79 Å². The second-order valence-corrected chi connectivity index (χ2v) is 5.25. The van der Waals surface area contributed by atoms with Gasteiger partial charge in [0.2, 0.25) is 0 Å². The molecule has 3 rings (SSSR count). The lowest BCUT2D eigenvalue weighted by atomic mass is 10.0. The van der Waals surface area contributed by atoms with Crippen LogP contribution < -0.4 is 5.32 Å². The Kier molecular flexibility index (Phi) is 2.63. The van der Waals surface area contributed by atoms with Crippen LogP contribution in [0.3, 0.4) is 0 Å². The Hall–Kier alpha value is -1.35. The zero-order valence-electron chi connectivity index (χ0n) is 10.1. The first kappa shape index (κ1) is 10.8. The number of nitrogens with zero attached hydrogens (tertiary/aromatic N) is 1. The summed E-state index contributed by atoms with van der Waals surface area (Å²) in [5, 5.41) is 3.39. The van der Waals surface area contributed by atoms with Gasteiger partial charge in [0.05, 0.1) is 0 Å². The summed E-state index contributed by atoms with van der Waals surface area (Å²) in [5.41, 5.74) is 2.02. The smallest absolute Gasteiger partial charge is 0.253 e. The van der Waals surface area contributed by atoms with Crippen molar-refractivity contribution in [3.05, 3.63) is 35.4 Å². The van der Waals surface area contributed by atoms with E-state index in [4.69, 9.17) is 0 Å². The third kappa shape index (κ3) is 1.95. The maximum absolute atomic E-state index is 12.3. The first-order valence-corrected chi connectivity index (χ1v) is 6.30. The van der Waals surface area contributed by atoms with Crippen LogP contribution in [0.15, 0.2) is 24.3 Å². The zero-order valence-corrected chi connectivity index (χ0v) is 10.1. The number of fused-ring (bicyclic) bond motifs is 1. The fraction of sp³-hybridized carbons (Fsp3) is 0.500. The van der Waals surface area contributed by atoms with Gasteiger partial charge in [0, 0.05) is 31.7 Å². The number of rotatable bonds is 1. The number of hydrogen-bond acceptors (Lipinski definition) is 2. The molecule has 17 heavy (non-hydrogen) atoms. The molecule has 0 spiro atoms. The van der Waals surface area contributed by atoms with Crippen molar-refractivity contribution in [1.82, 2.24) is 10.2 Å². The minimum Gasteiger partial charge on any atom is -0.338 e. The number of nitrogens with one attached hydrogen (secondary N) is 1. The van der Waals surface area contributed by atoms with E-state index >= 15 is 0 Å². The normalized spacial score (nSPS) is 27.2. The Morgan fingerprint density at radius 1 is 1.18 bits per heavy atom. The average molecular weight is 230 g/mol. The average Bonchev–Trinajstić information content (AvgIpc) is 2.89. The SMILES string of the molecule is Cc1ccc(C(=O)N2CC3CNCC3C2)cc1. The predicted octanol–water partition coefficient (Wildman–Crippen LogP) is 1.29. The summed E-state index contributed by atoms with van der Waals surface area (Å²) >= 11 is 0. The van der Waals surface area contributed by atoms with Crippen molar-refractivity contribution < 1.29 is 4.79 Å². The minimum absolute atomic E-state index is 0.194. The maximum atomic E-state index is 12.3. The van der Waals surface area contributed by atoms with Gasteiger partial charge in [0.1, 0.15) is 0 Å². The van der Waals surface area contributed by atoms with Crippen molar-refractivity contribution >= 4 is 5.91 Å². The van der Waals surface area contributed by atoms with Crippen LogP contribution in [0.5, 0.6) is 0 Å². The van der Waals surface area contributed by atoms with Gasteiger partial charge in [-0.3, -0.25) is 4.79 Å². The maximum Gasteiger partial charge on any atom is 0.253 e. The van der Waals surface area contributed by atoms with Crippen molar-refractivity contribution in [2.24, 2.45) is 11.8 Å². The molecule has 0 saturated carbocycles. The summed E-state index contributed by atoms with van der Waals surface area (Å²) in [6.07, 6.45) is 0. The molecular weight excluding hydrogens is 212 g/mol. The number of aryl methyl sites for hydroxylation is 1. The van der Waals surface area contributed by atoms with Crippen molar-refractivity contribution in [3.8, 4) is 0 Å². The molecule has 2 saturated heterocycles. The molecule has 3 heteroatoms. The Bertz CT molecular complexity index is 414. The fourth-order valence-electron chi connectivity index (χ4n) is 2.90. The number of carbonyl (C=O) groups excluding carboxylic acids is 1. The van der Waals surface area contributed by atoms with E-state index in [1.807, 2.05) is 36.1 Å². The van der Waals surface area contributed by atoms with E-state index in [1.165, 1.54) is 5.56 Å². The van der Waals surface area contributed by atoms with Crippen molar-refractivity contribution in [2.45, 2.75) is 6.92 Å². The minimum atomic E-state index is 0.194. The molecular formula is C14H18N2O. The highest BCUT2D eigenvalue weighted by atomic mass is 16.2. The Morgan fingerprint density at radius 2 is 1.76 bits per heavy atom. The molecule has 3 nitrogen and oxygen atoms in total. The molecule has 2 heterocycles. The summed E-state index contributed by atoms with van der Waals surface area (Å²) in [5.74, 6) is 1.54. The molecule has 0 aliphatic carbocycles. The first-order chi connectivity index (χ1) is 8.24. The number of amides is 1. The standard InChI is InChI=1S/C14H18N2O/c1-10-2-4-11(5-3-10)14(17)16-8-12-6-15-7-13(12)9-16/h2-5,12-13,15H,6-9H2,1H3. The van der Waals surface area contributed by atoms with Gasteiger partial charge < -0.3 is 10.2 Å². The molecule has 2 aliphatic heterocycles. The molecule has 2 fully saturated rings. The quantitative estimate of drug-likeness (QED) is 0.788. The summed E-state index contributed by atoms with van der Waals surface area (Å²) in [6, 6.07) is 7.88. The van der Waals surface area contributed by atoms with E-state index in [0.29, 0.717) is 11.8 Å². The van der Waals surface area contributed by atoms with Gasteiger partial charge in [0.15, 0.2) is 0 Å². The van der Waals surface area contributed by atoms with Crippen molar-refractivity contribution in [3.63, 3.8) is 0 Å². The van der Waals surface area contributed by atoms with E-state index in [2.05, 4.69) is 5.32 Å². The summed E-state index contributed by atoms with van der Waals surface area (Å²) < 4.78 is 0. The molecule has 1 N–H and O–H groups in total. The molecule has 1 aromatic carbocycles.